The Hall–Kier alpha value is -0.760. The zero-order valence-corrected chi connectivity index (χ0v) is 13.2. The fourth-order valence-corrected chi connectivity index (χ4v) is 3.96. The zero-order chi connectivity index (χ0) is 14.8. The summed E-state index contributed by atoms with van der Waals surface area (Å²) in [5, 5.41) is 10.0. The third kappa shape index (κ3) is 3.66. The van der Waals surface area contributed by atoms with Crippen molar-refractivity contribution in [2.75, 3.05) is 25.2 Å². The van der Waals surface area contributed by atoms with E-state index in [2.05, 4.69) is 4.72 Å². The van der Waals surface area contributed by atoms with E-state index in [4.69, 9.17) is 4.74 Å². The molecule has 7 heteroatoms. The van der Waals surface area contributed by atoms with Gasteiger partial charge in [0.1, 0.15) is 5.75 Å². The average Bonchev–Trinajstić information content (AvgIpc) is 2.84. The zero-order valence-electron chi connectivity index (χ0n) is 11.5. The molecule has 0 radical (unpaired) electrons. The quantitative estimate of drug-likeness (QED) is 0.819. The Morgan fingerprint density at radius 2 is 2.25 bits per heavy atom. The number of thioether (sulfide) groups is 1. The van der Waals surface area contributed by atoms with Gasteiger partial charge in [0.15, 0.2) is 0 Å². The first-order chi connectivity index (χ1) is 9.34. The van der Waals surface area contributed by atoms with Gasteiger partial charge in [-0.1, -0.05) is 0 Å². The van der Waals surface area contributed by atoms with Gasteiger partial charge >= 0.3 is 0 Å². The molecule has 5 nitrogen and oxygen atoms in total. The molecule has 0 fully saturated rings. The number of ether oxygens (including phenoxy) is 1. The summed E-state index contributed by atoms with van der Waals surface area (Å²) in [4.78, 5) is 0.210. The van der Waals surface area contributed by atoms with Crippen LogP contribution < -0.4 is 9.46 Å². The molecule has 0 aromatic heterocycles. The van der Waals surface area contributed by atoms with E-state index in [1.807, 2.05) is 6.26 Å². The Morgan fingerprint density at radius 3 is 2.95 bits per heavy atom. The predicted molar refractivity (Wildman–Crippen MR) is 79.8 cm³/mol. The number of rotatable bonds is 6. The predicted octanol–water partition coefficient (Wildman–Crippen LogP) is 1.01. The van der Waals surface area contributed by atoms with E-state index < -0.39 is 15.6 Å². The summed E-state index contributed by atoms with van der Waals surface area (Å²) in [6.07, 6.45) is 2.59. The molecule has 20 heavy (non-hydrogen) atoms. The van der Waals surface area contributed by atoms with Crippen molar-refractivity contribution in [2.45, 2.75) is 23.8 Å². The highest BCUT2D eigenvalue weighted by atomic mass is 32.2. The lowest BCUT2D eigenvalue weighted by atomic mass is 10.1. The molecule has 0 aliphatic carbocycles. The van der Waals surface area contributed by atoms with Crippen LogP contribution in [0.4, 0.5) is 0 Å². The van der Waals surface area contributed by atoms with E-state index in [0.717, 1.165) is 17.7 Å². The number of benzene rings is 1. The second-order valence-corrected chi connectivity index (χ2v) is 7.76. The lowest BCUT2D eigenvalue weighted by Crippen LogP contribution is -2.42. The molecule has 0 spiro atoms. The lowest BCUT2D eigenvalue weighted by Gasteiger charge is -2.22. The van der Waals surface area contributed by atoms with E-state index in [1.165, 1.54) is 17.8 Å². The van der Waals surface area contributed by atoms with Crippen molar-refractivity contribution in [3.8, 4) is 5.75 Å². The lowest BCUT2D eigenvalue weighted by molar-refractivity contribution is 0.0908. The molecule has 2 rings (SSSR count). The van der Waals surface area contributed by atoms with E-state index in [0.29, 0.717) is 12.4 Å². The summed E-state index contributed by atoms with van der Waals surface area (Å²) in [5.74, 6) is 1.21. The number of nitrogens with one attached hydrogen (secondary N) is 1. The molecule has 0 saturated carbocycles. The van der Waals surface area contributed by atoms with Crippen molar-refractivity contribution in [2.24, 2.45) is 0 Å². The van der Waals surface area contributed by atoms with Crippen LogP contribution >= 0.6 is 11.8 Å². The molecule has 0 saturated heterocycles. The van der Waals surface area contributed by atoms with Crippen LogP contribution in [-0.4, -0.2) is 44.3 Å². The van der Waals surface area contributed by atoms with Crippen LogP contribution in [0.5, 0.6) is 5.75 Å². The van der Waals surface area contributed by atoms with Crippen molar-refractivity contribution in [1.29, 1.82) is 0 Å². The van der Waals surface area contributed by atoms with Crippen LogP contribution in [0.3, 0.4) is 0 Å². The summed E-state index contributed by atoms with van der Waals surface area (Å²) >= 11 is 1.47. The molecule has 1 atom stereocenters. The number of hydrogen-bond donors (Lipinski definition) is 2. The molecule has 1 aliphatic rings. The van der Waals surface area contributed by atoms with Gasteiger partial charge in [-0.25, -0.2) is 13.1 Å². The highest BCUT2D eigenvalue weighted by Crippen LogP contribution is 2.27. The van der Waals surface area contributed by atoms with Crippen molar-refractivity contribution in [3.05, 3.63) is 23.8 Å². The maximum absolute atomic E-state index is 12.2. The number of hydrogen-bond acceptors (Lipinski definition) is 5. The summed E-state index contributed by atoms with van der Waals surface area (Å²) in [5.41, 5.74) is -0.157. The molecule has 1 aromatic rings. The fourth-order valence-electron chi connectivity index (χ4n) is 2.03. The molecule has 1 heterocycles. The van der Waals surface area contributed by atoms with Crippen molar-refractivity contribution in [1.82, 2.24) is 4.72 Å². The largest absolute Gasteiger partial charge is 0.493 e. The molecule has 112 valence electrons. The second-order valence-electron chi connectivity index (χ2n) is 5.12. The van der Waals surface area contributed by atoms with Crippen LogP contribution in [0, 0.1) is 0 Å². The summed E-state index contributed by atoms with van der Waals surface area (Å²) < 4.78 is 32.2. The Bertz CT molecular complexity index is 584. The highest BCUT2D eigenvalue weighted by Gasteiger charge is 2.24. The van der Waals surface area contributed by atoms with E-state index in [9.17, 15) is 13.5 Å². The van der Waals surface area contributed by atoms with E-state index in [1.54, 1.807) is 19.1 Å². The summed E-state index contributed by atoms with van der Waals surface area (Å²) in [6.45, 7) is 2.20. The number of fused-ring (bicyclic) bond motifs is 1. The topological polar surface area (TPSA) is 75.6 Å². The first-order valence-corrected chi connectivity index (χ1v) is 9.18. The Labute approximate surface area is 123 Å². The molecule has 0 amide bonds. The van der Waals surface area contributed by atoms with Gasteiger partial charge in [-0.2, -0.15) is 11.8 Å². The van der Waals surface area contributed by atoms with Gasteiger partial charge in [0, 0.05) is 18.7 Å². The van der Waals surface area contributed by atoms with Crippen molar-refractivity contribution >= 4 is 21.8 Å². The third-order valence-corrected chi connectivity index (χ3v) is 5.38. The normalized spacial score (nSPS) is 17.4. The average molecular weight is 317 g/mol. The van der Waals surface area contributed by atoms with Crippen LogP contribution in [0.15, 0.2) is 23.1 Å². The first kappa shape index (κ1) is 15.6. The number of sulfonamides is 1. The van der Waals surface area contributed by atoms with E-state index in [-0.39, 0.29) is 11.4 Å². The van der Waals surface area contributed by atoms with Crippen LogP contribution in [0.25, 0.3) is 0 Å². The van der Waals surface area contributed by atoms with Crippen LogP contribution in [-0.2, 0) is 16.4 Å². The number of aliphatic hydroxyl groups is 1. The minimum Gasteiger partial charge on any atom is -0.493 e. The Balaban J connectivity index is 2.11. The van der Waals surface area contributed by atoms with Gasteiger partial charge < -0.3 is 9.84 Å². The fraction of sp³-hybridized carbons (Fsp3) is 0.538. The standard InChI is InChI=1S/C13H19NO4S2/c1-13(15,9-19-2)8-14-20(16,17)11-3-4-12-10(7-11)5-6-18-12/h3-4,7,14-15H,5-6,8-9H2,1-2H3. The third-order valence-electron chi connectivity index (χ3n) is 3.07. The molecular formula is C13H19NO4S2. The molecule has 2 N–H and O–H groups in total. The molecular weight excluding hydrogens is 298 g/mol. The molecule has 1 aliphatic heterocycles. The van der Waals surface area contributed by atoms with Crippen LogP contribution in [0.1, 0.15) is 12.5 Å². The first-order valence-electron chi connectivity index (χ1n) is 6.31. The minimum atomic E-state index is -3.61. The van der Waals surface area contributed by atoms with Gasteiger partial charge in [0.25, 0.3) is 0 Å². The molecule has 1 aromatic carbocycles. The van der Waals surface area contributed by atoms with E-state index >= 15 is 0 Å². The summed E-state index contributed by atoms with van der Waals surface area (Å²) in [6, 6.07) is 4.83. The van der Waals surface area contributed by atoms with Crippen molar-refractivity contribution in [3.63, 3.8) is 0 Å². The monoisotopic (exact) mass is 317 g/mol. The SMILES string of the molecule is CSCC(C)(O)CNS(=O)(=O)c1ccc2c(c1)CCO2. The highest BCUT2D eigenvalue weighted by molar-refractivity contribution is 7.98. The van der Waals surface area contributed by atoms with Gasteiger partial charge in [0.05, 0.1) is 17.1 Å². The summed E-state index contributed by atoms with van der Waals surface area (Å²) in [7, 11) is -3.61. The molecule has 1 unspecified atom stereocenters. The van der Waals surface area contributed by atoms with Gasteiger partial charge in [-0.3, -0.25) is 0 Å². The van der Waals surface area contributed by atoms with Crippen molar-refractivity contribution < 1.29 is 18.3 Å². The van der Waals surface area contributed by atoms with Gasteiger partial charge in [-0.15, -0.1) is 0 Å². The smallest absolute Gasteiger partial charge is 0.240 e. The van der Waals surface area contributed by atoms with Gasteiger partial charge in [0.2, 0.25) is 10.0 Å². The second kappa shape index (κ2) is 5.93. The minimum absolute atomic E-state index is 0.0102. The Kier molecular flexibility index (Phi) is 4.63. The Morgan fingerprint density at radius 1 is 1.50 bits per heavy atom. The van der Waals surface area contributed by atoms with Gasteiger partial charge in [-0.05, 0) is 36.9 Å². The molecule has 0 bridgehead atoms. The maximum Gasteiger partial charge on any atom is 0.240 e. The van der Waals surface area contributed by atoms with Crippen LogP contribution in [0.2, 0.25) is 0 Å². The maximum atomic E-state index is 12.2.